The highest BCUT2D eigenvalue weighted by atomic mass is 32.1. The summed E-state index contributed by atoms with van der Waals surface area (Å²) in [6.07, 6.45) is -1.16. The van der Waals surface area contributed by atoms with Gasteiger partial charge in [0.1, 0.15) is 22.4 Å². The normalized spacial score (nSPS) is 12.7. The second kappa shape index (κ2) is 8.23. The number of pyridine rings is 1. The van der Waals surface area contributed by atoms with Gasteiger partial charge in [0, 0.05) is 18.3 Å². The zero-order valence-corrected chi connectivity index (χ0v) is 16.5. The van der Waals surface area contributed by atoms with Gasteiger partial charge in [-0.2, -0.15) is 13.2 Å². The van der Waals surface area contributed by atoms with E-state index in [0.717, 1.165) is 34.2 Å². The number of rotatable bonds is 6. The summed E-state index contributed by atoms with van der Waals surface area (Å²) in [5.74, 6) is 0.985. The zero-order chi connectivity index (χ0) is 21.1. The fourth-order valence-corrected chi connectivity index (χ4v) is 3.52. The number of nitrogens with zero attached hydrogens (tertiary/aromatic N) is 4. The van der Waals surface area contributed by atoms with Crippen LogP contribution in [0.2, 0.25) is 0 Å². The Morgan fingerprint density at radius 2 is 1.87 bits per heavy atom. The molecule has 0 aliphatic carbocycles. The Morgan fingerprint density at radius 1 is 1.07 bits per heavy atom. The van der Waals surface area contributed by atoms with Crippen LogP contribution in [0.4, 0.5) is 19.0 Å². The molecule has 10 heteroatoms. The number of ether oxygens (including phenoxy) is 1. The molecule has 0 radical (unpaired) electrons. The topological polar surface area (TPSA) is 72.8 Å². The summed E-state index contributed by atoms with van der Waals surface area (Å²) in [7, 11) is 0. The molecule has 0 saturated heterocycles. The van der Waals surface area contributed by atoms with Crippen LogP contribution in [0.3, 0.4) is 0 Å². The van der Waals surface area contributed by atoms with Crippen LogP contribution in [0.5, 0.6) is 11.6 Å². The maximum Gasteiger partial charge on any atom is 0.416 e. The highest BCUT2D eigenvalue weighted by Crippen LogP contribution is 2.31. The average molecular weight is 431 g/mol. The van der Waals surface area contributed by atoms with E-state index in [9.17, 15) is 13.2 Å². The third-order valence-corrected chi connectivity index (χ3v) is 5.00. The van der Waals surface area contributed by atoms with Crippen LogP contribution in [0.1, 0.15) is 18.1 Å². The Labute approximate surface area is 173 Å². The van der Waals surface area contributed by atoms with Crippen molar-refractivity contribution in [3.63, 3.8) is 0 Å². The maximum absolute atomic E-state index is 12.8. The number of fused-ring (bicyclic) bond motifs is 1. The minimum absolute atomic E-state index is 0.0710. The average Bonchev–Trinajstić information content (AvgIpc) is 3.19. The zero-order valence-electron chi connectivity index (χ0n) is 15.7. The van der Waals surface area contributed by atoms with E-state index in [1.54, 1.807) is 17.6 Å². The molecular weight excluding hydrogens is 415 g/mol. The largest absolute Gasteiger partial charge is 0.439 e. The fourth-order valence-electron chi connectivity index (χ4n) is 2.89. The highest BCUT2D eigenvalue weighted by Gasteiger charge is 2.31. The number of nitrogens with one attached hydrogen (secondary N) is 1. The van der Waals surface area contributed by atoms with Crippen LogP contribution in [0.15, 0.2) is 54.4 Å². The number of alkyl halides is 3. The minimum Gasteiger partial charge on any atom is -0.439 e. The molecule has 0 saturated carbocycles. The lowest BCUT2D eigenvalue weighted by Crippen LogP contribution is -2.19. The van der Waals surface area contributed by atoms with Crippen LogP contribution in [0.25, 0.3) is 10.3 Å². The van der Waals surface area contributed by atoms with Crippen molar-refractivity contribution in [2.45, 2.75) is 25.6 Å². The second-order valence-corrected chi connectivity index (χ2v) is 7.44. The molecule has 3 heterocycles. The molecule has 154 valence electrons. The fraction of sp³-hybridized carbons (Fsp3) is 0.200. The number of aromatic nitrogens is 4. The predicted octanol–water partition coefficient (Wildman–Crippen LogP) is 5.34. The van der Waals surface area contributed by atoms with Crippen molar-refractivity contribution in [1.29, 1.82) is 0 Å². The van der Waals surface area contributed by atoms with Gasteiger partial charge in [-0.05, 0) is 37.1 Å². The molecule has 3 aromatic heterocycles. The molecule has 1 unspecified atom stereocenters. The lowest BCUT2D eigenvalue weighted by molar-refractivity contribution is -0.137. The van der Waals surface area contributed by atoms with Crippen LogP contribution in [-0.2, 0) is 12.6 Å². The van der Waals surface area contributed by atoms with Crippen LogP contribution in [-0.4, -0.2) is 26.0 Å². The van der Waals surface area contributed by atoms with E-state index < -0.39 is 11.7 Å². The standard InChI is InChI=1S/C20H16F3N5OS/c1-12(28-18-17-19(26-10-25-18)30-11-27-17)8-13-2-4-15(5-3-13)29-16-9-14(6-7-24-16)20(21,22)23/h2-7,9-12H,8H2,1H3,(H,25,26,28). The van der Waals surface area contributed by atoms with Gasteiger partial charge in [0.25, 0.3) is 0 Å². The van der Waals surface area contributed by atoms with Gasteiger partial charge in [-0.3, -0.25) is 0 Å². The minimum atomic E-state index is -4.44. The van der Waals surface area contributed by atoms with Crippen molar-refractivity contribution in [1.82, 2.24) is 19.9 Å². The Morgan fingerprint density at radius 3 is 2.63 bits per heavy atom. The van der Waals surface area contributed by atoms with Crippen molar-refractivity contribution in [3.05, 3.63) is 65.6 Å². The molecule has 6 nitrogen and oxygen atoms in total. The van der Waals surface area contributed by atoms with E-state index in [4.69, 9.17) is 4.74 Å². The number of thiazole rings is 1. The molecule has 0 aliphatic heterocycles. The summed E-state index contributed by atoms with van der Waals surface area (Å²) in [5.41, 5.74) is 2.70. The molecule has 1 N–H and O–H groups in total. The highest BCUT2D eigenvalue weighted by molar-refractivity contribution is 7.16. The summed E-state index contributed by atoms with van der Waals surface area (Å²) < 4.78 is 43.9. The Kier molecular flexibility index (Phi) is 5.49. The third kappa shape index (κ3) is 4.65. The summed E-state index contributed by atoms with van der Waals surface area (Å²) in [6.45, 7) is 2.03. The third-order valence-electron chi connectivity index (χ3n) is 4.27. The first-order chi connectivity index (χ1) is 14.4. The molecule has 0 fully saturated rings. The molecule has 0 spiro atoms. The van der Waals surface area contributed by atoms with E-state index in [1.807, 2.05) is 19.1 Å². The summed E-state index contributed by atoms with van der Waals surface area (Å²) >= 11 is 1.45. The van der Waals surface area contributed by atoms with E-state index in [2.05, 4.69) is 25.3 Å². The Bertz CT molecular complexity index is 1150. The van der Waals surface area contributed by atoms with Crippen molar-refractivity contribution in [3.8, 4) is 11.6 Å². The van der Waals surface area contributed by atoms with E-state index in [0.29, 0.717) is 18.0 Å². The molecule has 1 atom stereocenters. The van der Waals surface area contributed by atoms with Crippen molar-refractivity contribution in [2.24, 2.45) is 0 Å². The molecule has 0 aliphatic rings. The number of benzene rings is 1. The number of hydrogen-bond donors (Lipinski definition) is 1. The molecule has 30 heavy (non-hydrogen) atoms. The smallest absolute Gasteiger partial charge is 0.416 e. The summed E-state index contributed by atoms with van der Waals surface area (Å²) in [5, 5.41) is 3.34. The van der Waals surface area contributed by atoms with Crippen molar-refractivity contribution >= 4 is 27.5 Å². The van der Waals surface area contributed by atoms with Gasteiger partial charge in [-0.1, -0.05) is 12.1 Å². The number of halogens is 3. The van der Waals surface area contributed by atoms with Gasteiger partial charge in [0.2, 0.25) is 5.88 Å². The maximum atomic E-state index is 12.8. The van der Waals surface area contributed by atoms with Gasteiger partial charge in [0.05, 0.1) is 11.1 Å². The van der Waals surface area contributed by atoms with Crippen LogP contribution in [0, 0.1) is 0 Å². The van der Waals surface area contributed by atoms with E-state index in [1.165, 1.54) is 17.7 Å². The Hall–Kier alpha value is -3.27. The SMILES string of the molecule is CC(Cc1ccc(Oc2cc(C(F)(F)F)ccn2)cc1)Nc1ncnc2scnc12. The molecule has 1 aromatic carbocycles. The molecular formula is C20H16F3N5OS. The number of anilines is 1. The van der Waals surface area contributed by atoms with Crippen molar-refractivity contribution < 1.29 is 17.9 Å². The number of hydrogen-bond acceptors (Lipinski definition) is 7. The van der Waals surface area contributed by atoms with Crippen molar-refractivity contribution in [2.75, 3.05) is 5.32 Å². The van der Waals surface area contributed by atoms with E-state index >= 15 is 0 Å². The van der Waals surface area contributed by atoms with Gasteiger partial charge < -0.3 is 10.1 Å². The summed E-state index contributed by atoms with van der Waals surface area (Å²) in [6, 6.07) is 8.98. The molecule has 4 aromatic rings. The summed E-state index contributed by atoms with van der Waals surface area (Å²) in [4.78, 5) is 17.4. The van der Waals surface area contributed by atoms with Gasteiger partial charge >= 0.3 is 6.18 Å². The molecule has 4 rings (SSSR count). The van der Waals surface area contributed by atoms with Gasteiger partial charge in [-0.25, -0.2) is 19.9 Å². The van der Waals surface area contributed by atoms with Crippen LogP contribution >= 0.6 is 11.3 Å². The quantitative estimate of drug-likeness (QED) is 0.445. The first-order valence-electron chi connectivity index (χ1n) is 8.99. The van der Waals surface area contributed by atoms with Gasteiger partial charge in [-0.15, -0.1) is 11.3 Å². The first kappa shape index (κ1) is 20.0. The molecule has 0 amide bonds. The lowest BCUT2D eigenvalue weighted by atomic mass is 10.1. The van der Waals surface area contributed by atoms with E-state index in [-0.39, 0.29) is 11.9 Å². The molecule has 0 bridgehead atoms. The first-order valence-corrected chi connectivity index (χ1v) is 9.87. The second-order valence-electron chi connectivity index (χ2n) is 6.60. The van der Waals surface area contributed by atoms with Crippen LogP contribution < -0.4 is 10.1 Å². The van der Waals surface area contributed by atoms with Gasteiger partial charge in [0.15, 0.2) is 5.82 Å². The Balaban J connectivity index is 1.39. The predicted molar refractivity (Wildman–Crippen MR) is 108 cm³/mol. The monoisotopic (exact) mass is 431 g/mol. The lowest BCUT2D eigenvalue weighted by Gasteiger charge is -2.15.